The average Bonchev–Trinajstić information content (AvgIpc) is 2.37. The van der Waals surface area contributed by atoms with Crippen molar-refractivity contribution in [3.05, 3.63) is 0 Å². The number of methoxy groups -OCH3 is 1. The van der Waals surface area contributed by atoms with Crippen LogP contribution in [0, 0.1) is 0 Å². The van der Waals surface area contributed by atoms with Crippen LogP contribution in [0.2, 0.25) is 0 Å². The lowest BCUT2D eigenvalue weighted by molar-refractivity contribution is -0.145. The molecular weight excluding hydrogens is 250 g/mol. The average molecular weight is 271 g/mol. The summed E-state index contributed by atoms with van der Waals surface area (Å²) in [6.45, 7) is 0.549. The molecule has 4 N–H and O–H groups in total. The first-order chi connectivity index (χ1) is 8.95. The smallest absolute Gasteiger partial charge is 0.307 e. The maximum atomic E-state index is 12.2. The number of piperidine rings is 1. The van der Waals surface area contributed by atoms with Crippen LogP contribution in [0.4, 0.5) is 0 Å². The predicted octanol–water partition coefficient (Wildman–Crippen LogP) is -0.867. The molecule has 2 unspecified atom stereocenters. The molecule has 7 nitrogen and oxygen atoms in total. The number of esters is 1. The number of rotatable bonds is 5. The Kier molecular flexibility index (Phi) is 5.75. The fourth-order valence-electron chi connectivity index (χ4n) is 2.30. The van der Waals surface area contributed by atoms with Crippen LogP contribution in [0.15, 0.2) is 0 Å². The molecule has 108 valence electrons. The number of primary amides is 1. The molecule has 0 bridgehead atoms. The SMILES string of the molecule is COC(=O)CC1CCCCN1C(=O)C(N)CC(N)=O. The van der Waals surface area contributed by atoms with Gasteiger partial charge in [0.15, 0.2) is 0 Å². The molecule has 19 heavy (non-hydrogen) atoms. The van der Waals surface area contributed by atoms with Crippen molar-refractivity contribution in [1.29, 1.82) is 0 Å². The van der Waals surface area contributed by atoms with Crippen molar-refractivity contribution in [3.63, 3.8) is 0 Å². The molecule has 1 heterocycles. The number of amides is 2. The Labute approximate surface area is 112 Å². The van der Waals surface area contributed by atoms with Gasteiger partial charge in [-0.2, -0.15) is 0 Å². The van der Waals surface area contributed by atoms with E-state index in [2.05, 4.69) is 4.74 Å². The van der Waals surface area contributed by atoms with Gasteiger partial charge in [-0.3, -0.25) is 14.4 Å². The Balaban J connectivity index is 2.67. The Morgan fingerprint density at radius 1 is 1.37 bits per heavy atom. The Morgan fingerprint density at radius 3 is 2.63 bits per heavy atom. The van der Waals surface area contributed by atoms with Crippen LogP contribution in [-0.2, 0) is 19.1 Å². The number of likely N-dealkylation sites (tertiary alicyclic amines) is 1. The van der Waals surface area contributed by atoms with E-state index in [9.17, 15) is 14.4 Å². The van der Waals surface area contributed by atoms with Crippen molar-refractivity contribution < 1.29 is 19.1 Å². The minimum Gasteiger partial charge on any atom is -0.469 e. The van der Waals surface area contributed by atoms with Crippen LogP contribution >= 0.6 is 0 Å². The van der Waals surface area contributed by atoms with Crippen molar-refractivity contribution >= 4 is 17.8 Å². The number of hydrogen-bond donors (Lipinski definition) is 2. The van der Waals surface area contributed by atoms with Crippen molar-refractivity contribution in [2.75, 3.05) is 13.7 Å². The molecule has 1 aliphatic heterocycles. The minimum atomic E-state index is -0.934. The van der Waals surface area contributed by atoms with Gasteiger partial charge in [-0.15, -0.1) is 0 Å². The summed E-state index contributed by atoms with van der Waals surface area (Å²) >= 11 is 0. The fraction of sp³-hybridized carbons (Fsp3) is 0.750. The summed E-state index contributed by atoms with van der Waals surface area (Å²) in [7, 11) is 1.32. The van der Waals surface area contributed by atoms with Crippen LogP contribution in [-0.4, -0.2) is 48.4 Å². The Hall–Kier alpha value is -1.63. The molecular formula is C12H21N3O4. The maximum Gasteiger partial charge on any atom is 0.307 e. The standard InChI is InChI=1S/C12H21N3O4/c1-19-11(17)6-8-4-2-3-5-15(8)12(18)9(13)7-10(14)16/h8-9H,2-7,13H2,1H3,(H2,14,16). The topological polar surface area (TPSA) is 116 Å². The summed E-state index contributed by atoms with van der Waals surface area (Å²) in [5.41, 5.74) is 10.7. The molecule has 0 aliphatic carbocycles. The summed E-state index contributed by atoms with van der Waals surface area (Å²) < 4.78 is 4.62. The molecule has 0 spiro atoms. The second-order valence-electron chi connectivity index (χ2n) is 4.74. The van der Waals surface area contributed by atoms with E-state index in [1.54, 1.807) is 4.90 Å². The molecule has 0 aromatic rings. The highest BCUT2D eigenvalue weighted by atomic mass is 16.5. The zero-order valence-corrected chi connectivity index (χ0v) is 11.1. The largest absolute Gasteiger partial charge is 0.469 e. The first-order valence-corrected chi connectivity index (χ1v) is 6.37. The quantitative estimate of drug-likeness (QED) is 0.631. The lowest BCUT2D eigenvalue weighted by Crippen LogP contribution is -2.52. The maximum absolute atomic E-state index is 12.2. The molecule has 0 saturated carbocycles. The second kappa shape index (κ2) is 7.08. The van der Waals surface area contributed by atoms with Gasteiger partial charge < -0.3 is 21.1 Å². The highest BCUT2D eigenvalue weighted by Gasteiger charge is 2.31. The third-order valence-electron chi connectivity index (χ3n) is 3.28. The van der Waals surface area contributed by atoms with Gasteiger partial charge in [0.1, 0.15) is 0 Å². The molecule has 0 radical (unpaired) electrons. The summed E-state index contributed by atoms with van der Waals surface area (Å²) in [4.78, 5) is 35.9. The monoisotopic (exact) mass is 271 g/mol. The van der Waals surface area contributed by atoms with Gasteiger partial charge >= 0.3 is 5.97 Å². The fourth-order valence-corrected chi connectivity index (χ4v) is 2.30. The lowest BCUT2D eigenvalue weighted by atomic mass is 9.98. The van der Waals surface area contributed by atoms with Crippen molar-refractivity contribution in [1.82, 2.24) is 4.90 Å². The van der Waals surface area contributed by atoms with Crippen LogP contribution < -0.4 is 11.5 Å². The van der Waals surface area contributed by atoms with Gasteiger partial charge in [0.05, 0.1) is 26.0 Å². The normalized spacial score (nSPS) is 20.7. The highest BCUT2D eigenvalue weighted by Crippen LogP contribution is 2.21. The van der Waals surface area contributed by atoms with Crippen LogP contribution in [0.1, 0.15) is 32.1 Å². The van der Waals surface area contributed by atoms with Gasteiger partial charge in [-0.1, -0.05) is 0 Å². The van der Waals surface area contributed by atoms with Crippen LogP contribution in [0.5, 0.6) is 0 Å². The van der Waals surface area contributed by atoms with Gasteiger partial charge in [-0.05, 0) is 19.3 Å². The van der Waals surface area contributed by atoms with E-state index in [4.69, 9.17) is 11.5 Å². The zero-order chi connectivity index (χ0) is 14.4. The van der Waals surface area contributed by atoms with Crippen molar-refractivity contribution in [2.24, 2.45) is 11.5 Å². The van der Waals surface area contributed by atoms with E-state index in [1.165, 1.54) is 7.11 Å². The number of carbonyl (C=O) groups is 3. The van der Waals surface area contributed by atoms with E-state index >= 15 is 0 Å². The van der Waals surface area contributed by atoms with Crippen molar-refractivity contribution in [3.8, 4) is 0 Å². The molecule has 1 fully saturated rings. The lowest BCUT2D eigenvalue weighted by Gasteiger charge is -2.36. The Morgan fingerprint density at radius 2 is 2.05 bits per heavy atom. The third-order valence-corrected chi connectivity index (χ3v) is 3.28. The predicted molar refractivity (Wildman–Crippen MR) is 67.8 cm³/mol. The molecule has 2 amide bonds. The molecule has 7 heteroatoms. The van der Waals surface area contributed by atoms with E-state index in [0.29, 0.717) is 6.54 Å². The number of carbonyl (C=O) groups excluding carboxylic acids is 3. The Bertz CT molecular complexity index is 359. The summed E-state index contributed by atoms with van der Waals surface area (Å²) in [5, 5.41) is 0. The van der Waals surface area contributed by atoms with Gasteiger partial charge in [0.25, 0.3) is 0 Å². The molecule has 1 rings (SSSR count). The highest BCUT2D eigenvalue weighted by molar-refractivity contribution is 5.88. The zero-order valence-electron chi connectivity index (χ0n) is 11.1. The molecule has 1 saturated heterocycles. The number of ether oxygens (including phenoxy) is 1. The number of hydrogen-bond acceptors (Lipinski definition) is 5. The summed E-state index contributed by atoms with van der Waals surface area (Å²) in [6, 6.07) is -1.14. The summed E-state index contributed by atoms with van der Waals surface area (Å²) in [6.07, 6.45) is 2.54. The van der Waals surface area contributed by atoms with E-state index in [-0.39, 0.29) is 30.8 Å². The van der Waals surface area contributed by atoms with Gasteiger partial charge in [-0.25, -0.2) is 0 Å². The van der Waals surface area contributed by atoms with Crippen molar-refractivity contribution in [2.45, 2.75) is 44.2 Å². The minimum absolute atomic E-state index is 0.158. The molecule has 0 aromatic carbocycles. The number of nitrogens with zero attached hydrogens (tertiary/aromatic N) is 1. The third kappa shape index (κ3) is 4.51. The molecule has 2 atom stereocenters. The second-order valence-corrected chi connectivity index (χ2v) is 4.74. The summed E-state index contributed by atoms with van der Waals surface area (Å²) in [5.74, 6) is -1.29. The van der Waals surface area contributed by atoms with Crippen LogP contribution in [0.25, 0.3) is 0 Å². The molecule has 1 aliphatic rings. The first kappa shape index (κ1) is 15.4. The van der Waals surface area contributed by atoms with Gasteiger partial charge in [0.2, 0.25) is 11.8 Å². The van der Waals surface area contributed by atoms with E-state index in [1.807, 2.05) is 0 Å². The van der Waals surface area contributed by atoms with E-state index < -0.39 is 11.9 Å². The van der Waals surface area contributed by atoms with E-state index in [0.717, 1.165) is 19.3 Å². The molecule has 0 aromatic heterocycles. The van der Waals surface area contributed by atoms with Crippen LogP contribution in [0.3, 0.4) is 0 Å². The number of nitrogens with two attached hydrogens (primary N) is 2. The first-order valence-electron chi connectivity index (χ1n) is 6.37. The van der Waals surface area contributed by atoms with Gasteiger partial charge in [0, 0.05) is 12.6 Å².